The molecule has 0 saturated heterocycles. The van der Waals surface area contributed by atoms with Gasteiger partial charge in [0.05, 0.1) is 12.7 Å². The fraction of sp³-hybridized carbons (Fsp3) is 0.200. The number of rotatable bonds is 2. The molecule has 0 fully saturated rings. The lowest BCUT2D eigenvalue weighted by atomic mass is 10.1. The first kappa shape index (κ1) is 10.4. The van der Waals surface area contributed by atoms with Gasteiger partial charge in [0.15, 0.2) is 6.29 Å². The summed E-state index contributed by atoms with van der Waals surface area (Å²) in [5.41, 5.74) is 0.404. The zero-order chi connectivity index (χ0) is 10.7. The molecular weight excluding hydrogens is 187 g/mol. The molecule has 0 radical (unpaired) electrons. The summed E-state index contributed by atoms with van der Waals surface area (Å²) in [4.78, 5) is 21.7. The minimum Gasteiger partial charge on any atom is -0.465 e. The number of esters is 1. The fourth-order valence-corrected chi connectivity index (χ4v) is 1.09. The third-order valence-electron chi connectivity index (χ3n) is 1.86. The number of carbonyl (C=O) groups excluding carboxylic acids is 2. The van der Waals surface area contributed by atoms with Gasteiger partial charge in [0.25, 0.3) is 0 Å². The maximum atomic E-state index is 13.1. The minimum absolute atomic E-state index is 0.0504. The number of hydrogen-bond donors (Lipinski definition) is 0. The largest absolute Gasteiger partial charge is 0.465 e. The first-order valence-electron chi connectivity index (χ1n) is 3.93. The van der Waals surface area contributed by atoms with Gasteiger partial charge < -0.3 is 4.74 Å². The van der Waals surface area contributed by atoms with Gasteiger partial charge >= 0.3 is 5.97 Å². The van der Waals surface area contributed by atoms with Crippen LogP contribution in [0.25, 0.3) is 0 Å². The monoisotopic (exact) mass is 196 g/mol. The van der Waals surface area contributed by atoms with E-state index in [-0.39, 0.29) is 11.1 Å². The van der Waals surface area contributed by atoms with Crippen molar-refractivity contribution in [2.24, 2.45) is 0 Å². The van der Waals surface area contributed by atoms with E-state index in [1.165, 1.54) is 20.1 Å². The number of aldehydes is 1. The normalized spacial score (nSPS) is 9.64. The molecule has 1 rings (SSSR count). The summed E-state index contributed by atoms with van der Waals surface area (Å²) in [5.74, 6) is -1.25. The molecule has 0 spiro atoms. The van der Waals surface area contributed by atoms with E-state index in [0.29, 0.717) is 11.8 Å². The summed E-state index contributed by atoms with van der Waals surface area (Å²) >= 11 is 0. The van der Waals surface area contributed by atoms with E-state index in [2.05, 4.69) is 4.74 Å². The molecule has 14 heavy (non-hydrogen) atoms. The third-order valence-corrected chi connectivity index (χ3v) is 1.86. The zero-order valence-electron chi connectivity index (χ0n) is 7.83. The summed E-state index contributed by atoms with van der Waals surface area (Å²) in [5, 5.41) is 0. The Hall–Kier alpha value is -1.71. The van der Waals surface area contributed by atoms with Crippen molar-refractivity contribution in [2.75, 3.05) is 7.11 Å². The zero-order valence-corrected chi connectivity index (χ0v) is 7.83. The van der Waals surface area contributed by atoms with Crippen molar-refractivity contribution in [1.82, 2.24) is 0 Å². The van der Waals surface area contributed by atoms with Gasteiger partial charge in [0, 0.05) is 5.56 Å². The van der Waals surface area contributed by atoms with Gasteiger partial charge in [-0.15, -0.1) is 0 Å². The molecule has 0 aliphatic carbocycles. The Morgan fingerprint density at radius 3 is 2.64 bits per heavy atom. The van der Waals surface area contributed by atoms with Gasteiger partial charge in [-0.3, -0.25) is 4.79 Å². The Morgan fingerprint density at radius 2 is 2.14 bits per heavy atom. The maximum Gasteiger partial charge on any atom is 0.338 e. The van der Waals surface area contributed by atoms with Crippen LogP contribution in [0.4, 0.5) is 4.39 Å². The lowest BCUT2D eigenvalue weighted by Crippen LogP contribution is -2.06. The molecule has 0 N–H and O–H groups in total. The minimum atomic E-state index is -0.717. The molecule has 0 saturated carbocycles. The molecule has 3 nitrogen and oxygen atoms in total. The number of benzene rings is 1. The number of carbonyl (C=O) groups is 2. The van der Waals surface area contributed by atoms with E-state index in [1.54, 1.807) is 0 Å². The second kappa shape index (κ2) is 4.00. The molecule has 1 aromatic carbocycles. The van der Waals surface area contributed by atoms with Gasteiger partial charge in [-0.25, -0.2) is 9.18 Å². The molecule has 0 bridgehead atoms. The van der Waals surface area contributed by atoms with Gasteiger partial charge in [-0.05, 0) is 24.6 Å². The number of halogens is 1. The summed E-state index contributed by atoms with van der Waals surface area (Å²) in [6.07, 6.45) is 0.499. The van der Waals surface area contributed by atoms with E-state index < -0.39 is 11.8 Å². The molecule has 0 unspecified atom stereocenters. The average Bonchev–Trinajstić information content (AvgIpc) is 2.20. The average molecular weight is 196 g/mol. The van der Waals surface area contributed by atoms with Crippen molar-refractivity contribution < 1.29 is 18.7 Å². The first-order valence-corrected chi connectivity index (χ1v) is 3.93. The maximum absolute atomic E-state index is 13.1. The van der Waals surface area contributed by atoms with Crippen molar-refractivity contribution in [3.63, 3.8) is 0 Å². The fourth-order valence-electron chi connectivity index (χ4n) is 1.09. The summed E-state index contributed by atoms with van der Waals surface area (Å²) in [6.45, 7) is 1.52. The Bertz CT molecular complexity index is 385. The molecule has 4 heteroatoms. The molecule has 0 atom stereocenters. The van der Waals surface area contributed by atoms with E-state index >= 15 is 0 Å². The van der Waals surface area contributed by atoms with Gasteiger partial charge in [-0.2, -0.15) is 0 Å². The quantitative estimate of drug-likeness (QED) is 0.534. The summed E-state index contributed by atoms with van der Waals surface area (Å²) in [6, 6.07) is 2.32. The van der Waals surface area contributed by atoms with Crippen molar-refractivity contribution in [1.29, 1.82) is 0 Å². The van der Waals surface area contributed by atoms with E-state index in [1.807, 2.05) is 0 Å². The predicted molar refractivity (Wildman–Crippen MR) is 47.9 cm³/mol. The molecule has 0 aliphatic rings. The second-order valence-corrected chi connectivity index (χ2v) is 2.80. The predicted octanol–water partition coefficient (Wildman–Crippen LogP) is 1.73. The Labute approximate surface area is 80.5 Å². The summed E-state index contributed by atoms with van der Waals surface area (Å²) in [7, 11) is 1.18. The summed E-state index contributed by atoms with van der Waals surface area (Å²) < 4.78 is 17.5. The van der Waals surface area contributed by atoms with Crippen LogP contribution in [0.5, 0.6) is 0 Å². The van der Waals surface area contributed by atoms with Crippen LogP contribution in [0.15, 0.2) is 12.1 Å². The smallest absolute Gasteiger partial charge is 0.338 e. The third kappa shape index (κ3) is 1.79. The lowest BCUT2D eigenvalue weighted by Gasteiger charge is -2.04. The second-order valence-electron chi connectivity index (χ2n) is 2.80. The van der Waals surface area contributed by atoms with Gasteiger partial charge in [0.2, 0.25) is 0 Å². The number of methoxy groups -OCH3 is 1. The highest BCUT2D eigenvalue weighted by Crippen LogP contribution is 2.14. The molecule has 0 aliphatic heterocycles. The van der Waals surface area contributed by atoms with Crippen molar-refractivity contribution in [2.45, 2.75) is 6.92 Å². The van der Waals surface area contributed by atoms with Crippen LogP contribution in [0.2, 0.25) is 0 Å². The SMILES string of the molecule is COC(=O)c1cc(F)c(C)cc1C=O. The van der Waals surface area contributed by atoms with Gasteiger partial charge in [-0.1, -0.05) is 0 Å². The molecule has 1 aromatic rings. The van der Waals surface area contributed by atoms with Crippen LogP contribution in [-0.2, 0) is 4.74 Å². The van der Waals surface area contributed by atoms with Crippen LogP contribution in [-0.4, -0.2) is 19.4 Å². The van der Waals surface area contributed by atoms with Crippen LogP contribution in [0, 0.1) is 12.7 Å². The number of aryl methyl sites for hydroxylation is 1. The van der Waals surface area contributed by atoms with Crippen LogP contribution >= 0.6 is 0 Å². The standard InChI is InChI=1S/C10H9FO3/c1-6-3-7(5-12)8(4-9(6)11)10(13)14-2/h3-5H,1-2H3. The molecule has 74 valence electrons. The molecular formula is C10H9FO3. The highest BCUT2D eigenvalue weighted by atomic mass is 19.1. The van der Waals surface area contributed by atoms with Crippen LogP contribution in [0.3, 0.4) is 0 Å². The highest BCUT2D eigenvalue weighted by molar-refractivity contribution is 5.98. The Balaban J connectivity index is 3.34. The van der Waals surface area contributed by atoms with Crippen molar-refractivity contribution >= 4 is 12.3 Å². The van der Waals surface area contributed by atoms with Crippen LogP contribution < -0.4 is 0 Å². The van der Waals surface area contributed by atoms with Crippen molar-refractivity contribution in [3.05, 3.63) is 34.6 Å². The van der Waals surface area contributed by atoms with Crippen molar-refractivity contribution in [3.8, 4) is 0 Å². The van der Waals surface area contributed by atoms with E-state index in [4.69, 9.17) is 0 Å². The lowest BCUT2D eigenvalue weighted by molar-refractivity contribution is 0.0598. The number of ether oxygens (including phenoxy) is 1. The van der Waals surface area contributed by atoms with E-state index in [9.17, 15) is 14.0 Å². The topological polar surface area (TPSA) is 43.4 Å². The Kier molecular flexibility index (Phi) is 2.96. The molecule has 0 aromatic heterocycles. The first-order chi connectivity index (χ1) is 6.60. The highest BCUT2D eigenvalue weighted by Gasteiger charge is 2.13. The van der Waals surface area contributed by atoms with Crippen LogP contribution in [0.1, 0.15) is 26.3 Å². The molecule has 0 amide bonds. The van der Waals surface area contributed by atoms with E-state index in [0.717, 1.165) is 6.07 Å². The Morgan fingerprint density at radius 1 is 1.50 bits per heavy atom. The van der Waals surface area contributed by atoms with Gasteiger partial charge in [0.1, 0.15) is 5.82 Å². The number of hydrogen-bond acceptors (Lipinski definition) is 3. The molecule has 0 heterocycles.